The Hall–Kier alpha value is 0.0375. The third-order valence-electron chi connectivity index (χ3n) is 6.58. The zero-order valence-electron chi connectivity index (χ0n) is 19.7. The Morgan fingerprint density at radius 2 is 1.59 bits per heavy atom. The first-order valence-corrected chi connectivity index (χ1v) is 25.1. The van der Waals surface area contributed by atoms with Crippen LogP contribution in [0.4, 0.5) is 0 Å². The molecule has 7 heteroatoms. The molecule has 3 nitrogen and oxygen atoms in total. The van der Waals surface area contributed by atoms with Gasteiger partial charge in [0.2, 0.25) is 0 Å². The molecule has 1 rings (SSSR count). The van der Waals surface area contributed by atoms with Gasteiger partial charge in [0, 0.05) is 10.8 Å². The van der Waals surface area contributed by atoms with Crippen molar-refractivity contribution in [3.05, 3.63) is 12.2 Å². The van der Waals surface area contributed by atoms with Crippen molar-refractivity contribution in [1.82, 2.24) is 0 Å². The van der Waals surface area contributed by atoms with E-state index in [1.54, 1.807) is 6.92 Å². The summed E-state index contributed by atoms with van der Waals surface area (Å²) in [6.07, 6.45) is 4.46. The lowest BCUT2D eigenvalue weighted by molar-refractivity contribution is -0.139. The molecule has 0 aromatic heterocycles. The Kier molecular flexibility index (Phi) is 7.82. The van der Waals surface area contributed by atoms with Gasteiger partial charge in [0.15, 0.2) is 7.35 Å². The molecule has 1 atom stereocenters. The zero-order chi connectivity index (χ0) is 21.3. The molecule has 0 spiro atoms. The first-order chi connectivity index (χ1) is 12.0. The van der Waals surface area contributed by atoms with Crippen molar-refractivity contribution < 1.29 is 14.0 Å². The summed E-state index contributed by atoms with van der Waals surface area (Å²) in [7, 11) is -6.07. The van der Waals surface area contributed by atoms with Crippen LogP contribution in [0.3, 0.4) is 0 Å². The number of esters is 1. The summed E-state index contributed by atoms with van der Waals surface area (Å²) in [5, 5.41) is 0.0493. The summed E-state index contributed by atoms with van der Waals surface area (Å²) in [5.41, 5.74) is 0.479. The van der Waals surface area contributed by atoms with Crippen LogP contribution in [0.1, 0.15) is 32.6 Å². The van der Waals surface area contributed by atoms with Crippen molar-refractivity contribution in [2.45, 2.75) is 103 Å². The predicted molar refractivity (Wildman–Crippen MR) is 129 cm³/mol. The van der Waals surface area contributed by atoms with E-state index in [9.17, 15) is 4.79 Å². The maximum Gasteiger partial charge on any atom is 0.333 e. The molecular formula is C20H44O3Si4. The second kappa shape index (κ2) is 8.42. The summed E-state index contributed by atoms with van der Waals surface area (Å²) >= 11 is 0. The molecule has 0 N–H and O–H groups in total. The first kappa shape index (κ1) is 25.1. The normalized spacial score (nSPS) is 23.8. The van der Waals surface area contributed by atoms with Gasteiger partial charge in [-0.3, -0.25) is 0 Å². The number of rotatable bonds is 8. The second-order valence-corrected chi connectivity index (χ2v) is 43.7. The zero-order valence-corrected chi connectivity index (χ0v) is 23.7. The Morgan fingerprint density at radius 1 is 1.07 bits per heavy atom. The average molecular weight is 445 g/mol. The van der Waals surface area contributed by atoms with Gasteiger partial charge in [-0.05, 0) is 32.2 Å². The quantitative estimate of drug-likeness (QED) is 0.197. The van der Waals surface area contributed by atoms with Gasteiger partial charge in [0.25, 0.3) is 0 Å². The molecule has 1 heterocycles. The molecule has 1 unspecified atom stereocenters. The van der Waals surface area contributed by atoms with Crippen LogP contribution in [-0.4, -0.2) is 48.4 Å². The lowest BCUT2D eigenvalue weighted by Gasteiger charge is -2.61. The fourth-order valence-electron chi connectivity index (χ4n) is 4.96. The Labute approximate surface area is 172 Å². The van der Waals surface area contributed by atoms with Crippen LogP contribution in [0.2, 0.25) is 65.0 Å². The standard InChI is InChI=1S/C20H44O3Si4/c1-18(2)19(21)22-16-12-14-20(24(3,4)5)15-13-17-27(23-20,25(6,7)8)26(9,10)11/h1,12-17H2,2-11H3. The van der Waals surface area contributed by atoms with Crippen LogP contribution < -0.4 is 0 Å². The summed E-state index contributed by atoms with van der Waals surface area (Å²) in [6.45, 7) is 28.7. The van der Waals surface area contributed by atoms with Crippen LogP contribution in [0.5, 0.6) is 0 Å². The van der Waals surface area contributed by atoms with Gasteiger partial charge < -0.3 is 9.16 Å². The van der Waals surface area contributed by atoms with Crippen molar-refractivity contribution >= 4 is 36.6 Å². The average Bonchev–Trinajstić information content (AvgIpc) is 2.48. The highest BCUT2D eigenvalue weighted by Gasteiger charge is 2.63. The van der Waals surface area contributed by atoms with Crippen molar-refractivity contribution in [2.24, 2.45) is 0 Å². The molecule has 27 heavy (non-hydrogen) atoms. The van der Waals surface area contributed by atoms with Gasteiger partial charge in [0.05, 0.1) is 29.9 Å². The van der Waals surface area contributed by atoms with Gasteiger partial charge >= 0.3 is 5.97 Å². The Bertz CT molecular complexity index is 541. The maximum absolute atomic E-state index is 11.7. The molecule has 0 saturated carbocycles. The number of hydrogen-bond acceptors (Lipinski definition) is 3. The van der Waals surface area contributed by atoms with E-state index < -0.39 is 30.6 Å². The van der Waals surface area contributed by atoms with Gasteiger partial charge in [-0.1, -0.05) is 71.9 Å². The number of carbonyl (C=O) groups excluding carboxylic acids is 1. The fraction of sp³-hybridized carbons (Fsp3) is 0.850. The summed E-state index contributed by atoms with van der Waals surface area (Å²) in [5.74, 6) is -0.269. The van der Waals surface area contributed by atoms with E-state index in [-0.39, 0.29) is 11.2 Å². The van der Waals surface area contributed by atoms with Crippen molar-refractivity contribution in [1.29, 1.82) is 0 Å². The lowest BCUT2D eigenvalue weighted by atomic mass is 10.1. The van der Waals surface area contributed by atoms with Gasteiger partial charge in [0.1, 0.15) is 0 Å². The molecule has 1 aliphatic heterocycles. The molecule has 0 aromatic carbocycles. The van der Waals surface area contributed by atoms with E-state index in [4.69, 9.17) is 9.16 Å². The molecule has 0 aromatic rings. The van der Waals surface area contributed by atoms with E-state index in [1.165, 1.54) is 18.9 Å². The molecule has 158 valence electrons. The first-order valence-electron chi connectivity index (χ1n) is 10.5. The van der Waals surface area contributed by atoms with Crippen LogP contribution in [-0.2, 0) is 14.0 Å². The van der Waals surface area contributed by atoms with Gasteiger partial charge in [-0.25, -0.2) is 4.79 Å². The van der Waals surface area contributed by atoms with Crippen LogP contribution >= 0.6 is 0 Å². The molecule has 1 fully saturated rings. The fourth-order valence-corrected chi connectivity index (χ4v) is 50.8. The van der Waals surface area contributed by atoms with Crippen molar-refractivity contribution in [3.63, 3.8) is 0 Å². The molecular weight excluding hydrogens is 401 g/mol. The lowest BCUT2D eigenvalue weighted by Crippen LogP contribution is -2.79. The summed E-state index contributed by atoms with van der Waals surface area (Å²) < 4.78 is 13.0. The van der Waals surface area contributed by atoms with Crippen LogP contribution in [0.25, 0.3) is 0 Å². The van der Waals surface area contributed by atoms with Crippen molar-refractivity contribution in [2.75, 3.05) is 6.61 Å². The molecule has 0 bridgehead atoms. The van der Waals surface area contributed by atoms with E-state index in [0.717, 1.165) is 12.8 Å². The molecule has 1 saturated heterocycles. The number of ether oxygens (including phenoxy) is 1. The highest BCUT2D eigenvalue weighted by atomic mass is 29.7. The monoisotopic (exact) mass is 444 g/mol. The van der Waals surface area contributed by atoms with Crippen LogP contribution in [0.15, 0.2) is 12.2 Å². The largest absolute Gasteiger partial charge is 0.462 e. The topological polar surface area (TPSA) is 35.5 Å². The molecule has 1 aliphatic rings. The van der Waals surface area contributed by atoms with E-state index in [2.05, 4.69) is 65.5 Å². The minimum atomic E-state index is -1.74. The second-order valence-electron chi connectivity index (χ2n) is 11.5. The predicted octanol–water partition coefficient (Wildman–Crippen LogP) is 6.09. The van der Waals surface area contributed by atoms with Crippen LogP contribution in [0, 0.1) is 0 Å². The van der Waals surface area contributed by atoms with E-state index in [1.807, 2.05) is 0 Å². The summed E-state index contributed by atoms with van der Waals surface area (Å²) in [4.78, 5) is 11.7. The van der Waals surface area contributed by atoms with Gasteiger partial charge in [-0.15, -0.1) is 0 Å². The minimum Gasteiger partial charge on any atom is -0.462 e. The molecule has 0 aliphatic carbocycles. The third kappa shape index (κ3) is 5.35. The van der Waals surface area contributed by atoms with Crippen molar-refractivity contribution in [3.8, 4) is 0 Å². The maximum atomic E-state index is 11.7. The Morgan fingerprint density at radius 3 is 2.00 bits per heavy atom. The SMILES string of the molecule is C=C(C)C(=O)OCCCC1([Si](C)(C)C)CCC[Si]([Si](C)(C)C)([Si](C)(C)C)O1. The summed E-state index contributed by atoms with van der Waals surface area (Å²) in [6, 6.07) is 1.37. The molecule has 0 radical (unpaired) electrons. The number of hydrogen-bond donors (Lipinski definition) is 0. The minimum absolute atomic E-state index is 0.0493. The Balaban J connectivity index is 3.12. The number of carbonyl (C=O) groups is 1. The highest BCUT2D eigenvalue weighted by molar-refractivity contribution is 7.66. The third-order valence-corrected chi connectivity index (χ3v) is 46.9. The smallest absolute Gasteiger partial charge is 0.333 e. The van der Waals surface area contributed by atoms with E-state index >= 15 is 0 Å². The van der Waals surface area contributed by atoms with Gasteiger partial charge in [-0.2, -0.15) is 0 Å². The molecule has 0 amide bonds. The van der Waals surface area contributed by atoms with E-state index in [0.29, 0.717) is 12.2 Å². The highest BCUT2D eigenvalue weighted by Crippen LogP contribution is 2.48.